The highest BCUT2D eigenvalue weighted by Gasteiger charge is 2.50. The second-order valence-corrected chi connectivity index (χ2v) is 4.71. The van der Waals surface area contributed by atoms with Crippen LogP contribution in [0, 0.1) is 6.92 Å². The van der Waals surface area contributed by atoms with Crippen molar-refractivity contribution < 1.29 is 9.53 Å². The lowest BCUT2D eigenvalue weighted by Crippen LogP contribution is -2.59. The Morgan fingerprint density at radius 1 is 1.50 bits per heavy atom. The molecule has 1 spiro atoms. The Labute approximate surface area is 104 Å². The van der Waals surface area contributed by atoms with E-state index in [4.69, 9.17) is 10.5 Å². The van der Waals surface area contributed by atoms with Crippen LogP contribution in [0.1, 0.15) is 12.1 Å². The van der Waals surface area contributed by atoms with Crippen molar-refractivity contribution in [3.63, 3.8) is 0 Å². The number of nitrogens with zero attached hydrogens (tertiary/aromatic N) is 3. The first-order chi connectivity index (χ1) is 8.54. The molecule has 7 nitrogen and oxygen atoms in total. The number of carbonyl (C=O) groups is 1. The number of ether oxygens (including phenoxy) is 1. The Bertz CT molecular complexity index is 524. The van der Waals surface area contributed by atoms with Crippen molar-refractivity contribution in [3.8, 4) is 0 Å². The number of rotatable bonds is 0. The van der Waals surface area contributed by atoms with Crippen molar-refractivity contribution in [2.24, 2.45) is 0 Å². The van der Waals surface area contributed by atoms with Gasteiger partial charge in [0.15, 0.2) is 5.82 Å². The highest BCUT2D eigenvalue weighted by molar-refractivity contribution is 6.06. The number of fused-ring (bicyclic) bond motifs is 1. The molecule has 7 heteroatoms. The fraction of sp³-hybridized carbons (Fsp3) is 0.545. The lowest BCUT2D eigenvalue weighted by molar-refractivity contribution is -0.121. The van der Waals surface area contributed by atoms with Crippen LogP contribution in [0.15, 0.2) is 0 Å². The minimum Gasteiger partial charge on any atom is -0.378 e. The number of nitrogens with one attached hydrogen (secondary N) is 1. The number of anilines is 3. The van der Waals surface area contributed by atoms with Gasteiger partial charge in [0.2, 0.25) is 5.95 Å². The maximum Gasteiger partial charge on any atom is 0.252 e. The number of hydrogen-bond donors (Lipinski definition) is 2. The summed E-state index contributed by atoms with van der Waals surface area (Å²) in [7, 11) is 1.85. The molecule has 2 aliphatic heterocycles. The van der Waals surface area contributed by atoms with Crippen LogP contribution in [-0.2, 0) is 9.53 Å². The van der Waals surface area contributed by atoms with Crippen LogP contribution in [0.4, 0.5) is 17.5 Å². The Kier molecular flexibility index (Phi) is 2.21. The molecule has 0 aromatic carbocycles. The van der Waals surface area contributed by atoms with Crippen LogP contribution in [0.25, 0.3) is 0 Å². The number of amides is 1. The molecule has 1 atom stereocenters. The smallest absolute Gasteiger partial charge is 0.252 e. The van der Waals surface area contributed by atoms with Gasteiger partial charge in [0.05, 0.1) is 12.3 Å². The molecule has 18 heavy (non-hydrogen) atoms. The van der Waals surface area contributed by atoms with Gasteiger partial charge in [-0.25, -0.2) is 4.98 Å². The molecule has 2 aliphatic rings. The lowest BCUT2D eigenvalue weighted by Gasteiger charge is -2.41. The summed E-state index contributed by atoms with van der Waals surface area (Å²) in [6.45, 7) is 2.75. The molecule has 1 fully saturated rings. The fourth-order valence-corrected chi connectivity index (χ4v) is 2.55. The maximum absolute atomic E-state index is 12.3. The molecule has 1 aromatic rings. The maximum atomic E-state index is 12.3. The standard InChI is InChI=1S/C11H15N5O2/c1-6-7-8(15-10(12)13-6)16(2)11(9(17)14-7)3-4-18-5-11/h3-5H2,1-2H3,(H,14,17)(H2,12,13,15)/t11-/m0/s1. The normalized spacial score (nSPS) is 26.3. The van der Waals surface area contributed by atoms with Crippen molar-refractivity contribution in [1.82, 2.24) is 9.97 Å². The van der Waals surface area contributed by atoms with Crippen molar-refractivity contribution >= 4 is 23.4 Å². The van der Waals surface area contributed by atoms with Gasteiger partial charge in [-0.3, -0.25) is 4.79 Å². The molecular weight excluding hydrogens is 234 g/mol. The third-order valence-corrected chi connectivity index (χ3v) is 3.71. The second-order valence-electron chi connectivity index (χ2n) is 4.71. The van der Waals surface area contributed by atoms with Crippen LogP contribution in [0.2, 0.25) is 0 Å². The predicted octanol–water partition coefficient (Wildman–Crippen LogP) is -0.0854. The van der Waals surface area contributed by atoms with E-state index in [9.17, 15) is 4.79 Å². The minimum atomic E-state index is -0.666. The van der Waals surface area contributed by atoms with Crippen LogP contribution in [-0.4, -0.2) is 41.7 Å². The summed E-state index contributed by atoms with van der Waals surface area (Å²) in [6.07, 6.45) is 0.651. The van der Waals surface area contributed by atoms with Gasteiger partial charge in [0.1, 0.15) is 11.2 Å². The molecule has 0 bridgehead atoms. The third kappa shape index (κ3) is 1.30. The molecule has 3 rings (SSSR count). The van der Waals surface area contributed by atoms with E-state index in [1.54, 1.807) is 6.92 Å². The molecule has 96 valence electrons. The van der Waals surface area contributed by atoms with Crippen molar-refractivity contribution in [2.75, 3.05) is 36.2 Å². The fourth-order valence-electron chi connectivity index (χ4n) is 2.55. The zero-order chi connectivity index (χ0) is 12.9. The third-order valence-electron chi connectivity index (χ3n) is 3.71. The lowest BCUT2D eigenvalue weighted by atomic mass is 9.93. The van der Waals surface area contributed by atoms with Crippen LogP contribution < -0.4 is 16.0 Å². The number of nitrogen functional groups attached to an aromatic ring is 1. The summed E-state index contributed by atoms with van der Waals surface area (Å²) < 4.78 is 5.38. The first-order valence-electron chi connectivity index (χ1n) is 5.82. The molecule has 0 saturated carbocycles. The van der Waals surface area contributed by atoms with Crippen LogP contribution in [0.5, 0.6) is 0 Å². The summed E-state index contributed by atoms with van der Waals surface area (Å²) in [6, 6.07) is 0. The average molecular weight is 249 g/mol. The summed E-state index contributed by atoms with van der Waals surface area (Å²) in [5.41, 5.74) is 6.31. The Hall–Kier alpha value is -1.89. The average Bonchev–Trinajstić information content (AvgIpc) is 2.79. The zero-order valence-corrected chi connectivity index (χ0v) is 10.4. The Morgan fingerprint density at radius 3 is 2.94 bits per heavy atom. The molecule has 1 aromatic heterocycles. The van der Waals surface area contributed by atoms with Gasteiger partial charge in [-0.2, -0.15) is 4.98 Å². The van der Waals surface area contributed by atoms with Gasteiger partial charge in [-0.1, -0.05) is 0 Å². The first kappa shape index (κ1) is 11.2. The van der Waals surface area contributed by atoms with Crippen molar-refractivity contribution in [3.05, 3.63) is 5.69 Å². The summed E-state index contributed by atoms with van der Waals surface area (Å²) in [5, 5.41) is 2.88. The number of aryl methyl sites for hydroxylation is 1. The van der Waals surface area contributed by atoms with Crippen molar-refractivity contribution in [2.45, 2.75) is 18.9 Å². The summed E-state index contributed by atoms with van der Waals surface area (Å²) >= 11 is 0. The van der Waals surface area contributed by atoms with Crippen molar-refractivity contribution in [1.29, 1.82) is 0 Å². The van der Waals surface area contributed by atoms with E-state index in [2.05, 4.69) is 15.3 Å². The van der Waals surface area contributed by atoms with Gasteiger partial charge >= 0.3 is 0 Å². The number of nitrogens with two attached hydrogens (primary N) is 1. The molecule has 0 unspecified atom stereocenters. The van der Waals surface area contributed by atoms with Gasteiger partial charge in [0.25, 0.3) is 5.91 Å². The highest BCUT2D eigenvalue weighted by atomic mass is 16.5. The first-order valence-corrected chi connectivity index (χ1v) is 5.82. The summed E-state index contributed by atoms with van der Waals surface area (Å²) in [4.78, 5) is 22.5. The molecule has 3 heterocycles. The zero-order valence-electron chi connectivity index (χ0n) is 10.4. The topological polar surface area (TPSA) is 93.4 Å². The van der Waals surface area contributed by atoms with E-state index in [1.165, 1.54) is 0 Å². The van der Waals surface area contributed by atoms with E-state index >= 15 is 0 Å². The van der Waals surface area contributed by atoms with E-state index in [0.717, 1.165) is 0 Å². The predicted molar refractivity (Wildman–Crippen MR) is 66.4 cm³/mol. The SMILES string of the molecule is Cc1nc(N)nc2c1NC(=O)[C@@]1(CCOC1)N2C. The monoisotopic (exact) mass is 249 g/mol. The highest BCUT2D eigenvalue weighted by Crippen LogP contribution is 2.39. The van der Waals surface area contributed by atoms with E-state index in [1.807, 2.05) is 11.9 Å². The number of aromatic nitrogens is 2. The van der Waals surface area contributed by atoms with Crippen LogP contribution >= 0.6 is 0 Å². The van der Waals surface area contributed by atoms with E-state index in [-0.39, 0.29) is 11.9 Å². The number of hydrogen-bond acceptors (Lipinski definition) is 6. The molecule has 1 saturated heterocycles. The van der Waals surface area contributed by atoms with Gasteiger partial charge in [-0.15, -0.1) is 0 Å². The molecule has 0 radical (unpaired) electrons. The van der Waals surface area contributed by atoms with Gasteiger partial charge < -0.3 is 20.7 Å². The Morgan fingerprint density at radius 2 is 2.28 bits per heavy atom. The van der Waals surface area contributed by atoms with Gasteiger partial charge in [-0.05, 0) is 6.92 Å². The molecular formula is C11H15N5O2. The summed E-state index contributed by atoms with van der Waals surface area (Å²) in [5.74, 6) is 0.805. The van der Waals surface area contributed by atoms with Gasteiger partial charge in [0, 0.05) is 20.1 Å². The van der Waals surface area contributed by atoms with E-state index in [0.29, 0.717) is 36.8 Å². The molecule has 1 amide bonds. The minimum absolute atomic E-state index is 0.0635. The number of carbonyl (C=O) groups excluding carboxylic acids is 1. The number of likely N-dealkylation sites (N-methyl/N-ethyl adjacent to an activating group) is 1. The molecule has 0 aliphatic carbocycles. The second kappa shape index (κ2) is 3.55. The quantitative estimate of drug-likeness (QED) is 0.667. The largest absolute Gasteiger partial charge is 0.378 e. The van der Waals surface area contributed by atoms with Crippen LogP contribution in [0.3, 0.4) is 0 Å². The molecule has 3 N–H and O–H groups in total. The van der Waals surface area contributed by atoms with E-state index < -0.39 is 5.54 Å². The Balaban J connectivity index is 2.16.